The van der Waals surface area contributed by atoms with Gasteiger partial charge in [0.2, 0.25) is 5.91 Å². The zero-order chi connectivity index (χ0) is 19.3. The van der Waals surface area contributed by atoms with Crippen molar-refractivity contribution in [2.45, 2.75) is 39.2 Å². The molecule has 2 N–H and O–H groups in total. The normalized spacial score (nSPS) is 10.4. The lowest BCUT2D eigenvalue weighted by atomic mass is 10.1. The molecule has 1 aromatic carbocycles. The molecule has 2 aromatic rings. The molecule has 1 aromatic heterocycles. The van der Waals surface area contributed by atoms with E-state index in [1.165, 1.54) is 5.56 Å². The van der Waals surface area contributed by atoms with E-state index in [-0.39, 0.29) is 18.4 Å². The third-order valence-corrected chi connectivity index (χ3v) is 4.21. The predicted molar refractivity (Wildman–Crippen MR) is 105 cm³/mol. The lowest BCUT2D eigenvalue weighted by Gasteiger charge is -2.22. The quantitative estimate of drug-likeness (QED) is 0.595. The molecular weight excluding hydrogens is 342 g/mol. The second kappa shape index (κ2) is 11.8. The zero-order valence-electron chi connectivity index (χ0n) is 15.9. The first kappa shape index (κ1) is 20.6. The number of urea groups is 1. The Hall–Kier alpha value is -2.76. The maximum atomic E-state index is 12.4. The highest BCUT2D eigenvalue weighted by Gasteiger charge is 2.16. The second-order valence-corrected chi connectivity index (χ2v) is 6.42. The zero-order valence-corrected chi connectivity index (χ0v) is 15.9. The summed E-state index contributed by atoms with van der Waals surface area (Å²) in [5.74, 6) is 0.641. The van der Waals surface area contributed by atoms with Gasteiger partial charge in [0.15, 0.2) is 0 Å². The van der Waals surface area contributed by atoms with E-state index >= 15 is 0 Å². The summed E-state index contributed by atoms with van der Waals surface area (Å²) in [6.07, 6.45) is 4.58. The third kappa shape index (κ3) is 7.98. The summed E-state index contributed by atoms with van der Waals surface area (Å²) >= 11 is 0. The minimum absolute atomic E-state index is 0.0586. The van der Waals surface area contributed by atoms with Crippen molar-refractivity contribution in [2.75, 3.05) is 19.6 Å². The smallest absolute Gasteiger partial charge is 0.317 e. The van der Waals surface area contributed by atoms with Gasteiger partial charge in [0.05, 0.1) is 12.8 Å². The molecule has 0 unspecified atom stereocenters. The van der Waals surface area contributed by atoms with E-state index < -0.39 is 0 Å². The number of nitrogens with one attached hydrogen (secondary N) is 2. The Balaban J connectivity index is 1.77. The molecule has 0 radical (unpaired) electrons. The molecule has 146 valence electrons. The van der Waals surface area contributed by atoms with Gasteiger partial charge in [-0.25, -0.2) is 4.79 Å². The molecule has 0 aliphatic rings. The van der Waals surface area contributed by atoms with Crippen molar-refractivity contribution in [1.82, 2.24) is 15.5 Å². The molecule has 1 heterocycles. The Labute approximate surface area is 160 Å². The van der Waals surface area contributed by atoms with Gasteiger partial charge in [0.1, 0.15) is 5.76 Å². The van der Waals surface area contributed by atoms with Crippen LogP contribution in [0.3, 0.4) is 0 Å². The number of nitrogens with zero attached hydrogens (tertiary/aromatic N) is 1. The first-order valence-corrected chi connectivity index (χ1v) is 9.55. The average molecular weight is 371 g/mol. The number of carbonyl (C=O) groups is 2. The van der Waals surface area contributed by atoms with Crippen molar-refractivity contribution in [2.24, 2.45) is 0 Å². The number of amides is 3. The van der Waals surface area contributed by atoms with Gasteiger partial charge in [-0.1, -0.05) is 43.7 Å². The molecule has 2 rings (SSSR count). The summed E-state index contributed by atoms with van der Waals surface area (Å²) in [4.78, 5) is 26.1. The van der Waals surface area contributed by atoms with Crippen LogP contribution in [0.1, 0.15) is 37.5 Å². The fraction of sp³-hybridized carbons (Fsp3) is 0.429. The Morgan fingerprint density at radius 3 is 2.56 bits per heavy atom. The van der Waals surface area contributed by atoms with Gasteiger partial charge in [-0.3, -0.25) is 4.79 Å². The van der Waals surface area contributed by atoms with E-state index in [4.69, 9.17) is 4.42 Å². The summed E-state index contributed by atoms with van der Waals surface area (Å²) in [6, 6.07) is 13.5. The molecule has 0 aliphatic heterocycles. The molecule has 0 saturated heterocycles. The van der Waals surface area contributed by atoms with E-state index in [1.54, 1.807) is 17.2 Å². The van der Waals surface area contributed by atoms with Gasteiger partial charge in [-0.05, 0) is 30.5 Å². The lowest BCUT2D eigenvalue weighted by molar-refractivity contribution is -0.121. The third-order valence-electron chi connectivity index (χ3n) is 4.21. The number of hydrogen-bond acceptors (Lipinski definition) is 3. The molecule has 0 atom stereocenters. The van der Waals surface area contributed by atoms with Crippen LogP contribution in [0, 0.1) is 0 Å². The molecule has 0 spiro atoms. The monoisotopic (exact) mass is 371 g/mol. The maximum absolute atomic E-state index is 12.4. The number of furan rings is 1. The average Bonchev–Trinajstić information content (AvgIpc) is 3.19. The van der Waals surface area contributed by atoms with Crippen LogP contribution in [0.5, 0.6) is 0 Å². The van der Waals surface area contributed by atoms with Gasteiger partial charge in [0.25, 0.3) is 0 Å². The van der Waals surface area contributed by atoms with E-state index in [2.05, 4.69) is 17.6 Å². The molecule has 0 saturated carbocycles. The Morgan fingerprint density at radius 1 is 1.04 bits per heavy atom. The van der Waals surface area contributed by atoms with Crippen molar-refractivity contribution in [1.29, 1.82) is 0 Å². The Bertz CT molecular complexity index is 671. The van der Waals surface area contributed by atoms with Crippen molar-refractivity contribution in [3.05, 3.63) is 60.1 Å². The lowest BCUT2D eigenvalue weighted by Crippen LogP contribution is -2.41. The minimum Gasteiger partial charge on any atom is -0.467 e. The highest BCUT2D eigenvalue weighted by atomic mass is 16.3. The second-order valence-electron chi connectivity index (χ2n) is 6.42. The molecule has 0 bridgehead atoms. The van der Waals surface area contributed by atoms with Crippen LogP contribution in [0.15, 0.2) is 53.1 Å². The summed E-state index contributed by atoms with van der Waals surface area (Å²) in [5.41, 5.74) is 1.19. The number of benzene rings is 1. The van der Waals surface area contributed by atoms with Crippen molar-refractivity contribution in [3.8, 4) is 0 Å². The van der Waals surface area contributed by atoms with Crippen LogP contribution in [-0.2, 0) is 17.8 Å². The van der Waals surface area contributed by atoms with Crippen LogP contribution in [-0.4, -0.2) is 36.5 Å². The van der Waals surface area contributed by atoms with Crippen LogP contribution >= 0.6 is 0 Å². The molecule has 6 heteroatoms. The molecular formula is C21H29N3O3. The van der Waals surface area contributed by atoms with E-state index in [9.17, 15) is 9.59 Å². The van der Waals surface area contributed by atoms with Crippen molar-refractivity contribution in [3.63, 3.8) is 0 Å². The SMILES string of the molecule is CCCCNC(=O)N(CCC(=O)NCCc1ccccc1)Cc1ccco1. The molecule has 0 fully saturated rings. The van der Waals surface area contributed by atoms with Gasteiger partial charge in [-0.15, -0.1) is 0 Å². The molecule has 0 aliphatic carbocycles. The van der Waals surface area contributed by atoms with Crippen LogP contribution < -0.4 is 10.6 Å². The minimum atomic E-state index is -0.170. The first-order valence-electron chi connectivity index (χ1n) is 9.55. The predicted octanol–water partition coefficient (Wildman–Crippen LogP) is 3.34. The van der Waals surface area contributed by atoms with Crippen LogP contribution in [0.25, 0.3) is 0 Å². The summed E-state index contributed by atoms with van der Waals surface area (Å²) in [5, 5.41) is 5.81. The fourth-order valence-corrected chi connectivity index (χ4v) is 2.64. The standard InChI is InChI=1S/C21H29N3O3/c1-2-3-13-23-21(26)24(17-19-10-7-16-27-19)15-12-20(25)22-14-11-18-8-5-4-6-9-18/h4-10,16H,2-3,11-15,17H2,1H3,(H,22,25)(H,23,26). The molecule has 3 amide bonds. The topological polar surface area (TPSA) is 74.6 Å². The molecule has 27 heavy (non-hydrogen) atoms. The maximum Gasteiger partial charge on any atom is 0.317 e. The van der Waals surface area contributed by atoms with E-state index in [0.717, 1.165) is 19.3 Å². The van der Waals surface area contributed by atoms with Gasteiger partial charge in [-0.2, -0.15) is 0 Å². The largest absolute Gasteiger partial charge is 0.467 e. The van der Waals surface area contributed by atoms with E-state index in [1.807, 2.05) is 36.4 Å². The van der Waals surface area contributed by atoms with Crippen molar-refractivity contribution < 1.29 is 14.0 Å². The fourth-order valence-electron chi connectivity index (χ4n) is 2.64. The van der Waals surface area contributed by atoms with E-state index in [0.29, 0.717) is 31.9 Å². The Morgan fingerprint density at radius 2 is 1.85 bits per heavy atom. The summed E-state index contributed by atoms with van der Waals surface area (Å²) < 4.78 is 5.34. The summed E-state index contributed by atoms with van der Waals surface area (Å²) in [7, 11) is 0. The summed E-state index contributed by atoms with van der Waals surface area (Å²) in [6.45, 7) is 3.99. The van der Waals surface area contributed by atoms with Gasteiger partial charge >= 0.3 is 6.03 Å². The number of unbranched alkanes of at least 4 members (excludes halogenated alkanes) is 1. The Kier molecular flexibility index (Phi) is 8.96. The van der Waals surface area contributed by atoms with Crippen LogP contribution in [0.4, 0.5) is 4.79 Å². The van der Waals surface area contributed by atoms with Crippen LogP contribution in [0.2, 0.25) is 0 Å². The van der Waals surface area contributed by atoms with Crippen molar-refractivity contribution >= 4 is 11.9 Å². The number of hydrogen-bond donors (Lipinski definition) is 2. The van der Waals surface area contributed by atoms with Gasteiger partial charge < -0.3 is 20.0 Å². The highest BCUT2D eigenvalue weighted by molar-refractivity contribution is 5.78. The number of rotatable bonds is 11. The highest BCUT2D eigenvalue weighted by Crippen LogP contribution is 2.07. The number of carbonyl (C=O) groups excluding carboxylic acids is 2. The molecule has 6 nitrogen and oxygen atoms in total. The first-order chi connectivity index (χ1) is 13.2. The van der Waals surface area contributed by atoms with Gasteiger partial charge in [0, 0.05) is 26.1 Å².